The fourth-order valence-electron chi connectivity index (χ4n) is 2.04. The van der Waals surface area contributed by atoms with Gasteiger partial charge in [-0.1, -0.05) is 13.8 Å². The van der Waals surface area contributed by atoms with Crippen LogP contribution in [0.25, 0.3) is 0 Å². The van der Waals surface area contributed by atoms with E-state index in [1.165, 1.54) is 5.69 Å². The lowest BCUT2D eigenvalue weighted by atomic mass is 9.76. The van der Waals surface area contributed by atoms with Crippen molar-refractivity contribution in [1.29, 1.82) is 0 Å². The molecule has 0 aliphatic heterocycles. The average Bonchev–Trinajstić information content (AvgIpc) is 2.31. The van der Waals surface area contributed by atoms with Gasteiger partial charge < -0.3 is 10.7 Å². The van der Waals surface area contributed by atoms with Gasteiger partial charge in [-0.05, 0) is 18.3 Å². The van der Waals surface area contributed by atoms with Crippen molar-refractivity contribution in [3.8, 4) is 0 Å². The van der Waals surface area contributed by atoms with Crippen molar-refractivity contribution in [2.45, 2.75) is 32.7 Å². The molecule has 1 aliphatic carbocycles. The number of aromatic amines is 1. The van der Waals surface area contributed by atoms with Crippen LogP contribution in [-0.4, -0.2) is 9.97 Å². The normalized spacial score (nSPS) is 26.8. The number of hydrogen-bond acceptors (Lipinski definition) is 2. The largest absolute Gasteiger partial charge is 0.348 e. The first kappa shape index (κ1) is 7.80. The number of imidazole rings is 1. The van der Waals surface area contributed by atoms with E-state index in [0.717, 1.165) is 18.5 Å². The third-order valence-electron chi connectivity index (χ3n) is 2.53. The number of nitrogens with one attached hydrogen (secondary N) is 1. The number of hydrogen-bond donors (Lipinski definition) is 2. The van der Waals surface area contributed by atoms with Gasteiger partial charge in [0.25, 0.3) is 0 Å². The lowest BCUT2D eigenvalue weighted by Gasteiger charge is -2.32. The minimum atomic E-state index is 0.120. The summed E-state index contributed by atoms with van der Waals surface area (Å²) in [5, 5.41) is 0. The molecule has 3 N–H and O–H groups in total. The Kier molecular flexibility index (Phi) is 1.51. The molecule has 66 valence electrons. The predicted octanol–water partition coefficient (Wildman–Crippen LogP) is 1.38. The fourth-order valence-corrected chi connectivity index (χ4v) is 2.04. The van der Waals surface area contributed by atoms with Crippen molar-refractivity contribution < 1.29 is 0 Å². The van der Waals surface area contributed by atoms with Crippen LogP contribution in [-0.2, 0) is 6.42 Å². The molecule has 0 fully saturated rings. The smallest absolute Gasteiger partial charge is 0.0925 e. The van der Waals surface area contributed by atoms with Crippen LogP contribution in [0.4, 0.5) is 0 Å². The fraction of sp³-hybridized carbons (Fsp3) is 0.667. The molecular weight excluding hydrogens is 150 g/mol. The van der Waals surface area contributed by atoms with Crippen molar-refractivity contribution in [2.24, 2.45) is 11.1 Å². The summed E-state index contributed by atoms with van der Waals surface area (Å²) in [5.41, 5.74) is 8.59. The lowest BCUT2D eigenvalue weighted by molar-refractivity contribution is 0.278. The lowest BCUT2D eigenvalue weighted by Crippen LogP contribution is -2.29. The number of nitrogens with two attached hydrogens (primary N) is 1. The maximum absolute atomic E-state index is 5.98. The molecule has 3 heteroatoms. The van der Waals surface area contributed by atoms with Crippen LogP contribution in [0.2, 0.25) is 0 Å². The van der Waals surface area contributed by atoms with E-state index >= 15 is 0 Å². The van der Waals surface area contributed by atoms with Crippen LogP contribution in [0.1, 0.15) is 37.7 Å². The summed E-state index contributed by atoms with van der Waals surface area (Å²) in [7, 11) is 0. The Hall–Kier alpha value is -0.830. The summed E-state index contributed by atoms with van der Waals surface area (Å²) in [6.45, 7) is 4.49. The first-order valence-electron chi connectivity index (χ1n) is 4.36. The molecule has 0 amide bonds. The summed E-state index contributed by atoms with van der Waals surface area (Å²) in [4.78, 5) is 7.38. The van der Waals surface area contributed by atoms with Gasteiger partial charge in [-0.25, -0.2) is 4.98 Å². The Morgan fingerprint density at radius 3 is 3.17 bits per heavy atom. The predicted molar refractivity (Wildman–Crippen MR) is 47.6 cm³/mol. The molecule has 1 unspecified atom stereocenters. The molecule has 0 aromatic carbocycles. The standard InChI is InChI=1S/C9H15N3/c1-9(2)3-6(10)8-7(4-9)11-5-12-8/h5-6H,3-4,10H2,1-2H3,(H,11,12). The summed E-state index contributed by atoms with van der Waals surface area (Å²) >= 11 is 0. The molecule has 0 bridgehead atoms. The monoisotopic (exact) mass is 165 g/mol. The van der Waals surface area contributed by atoms with E-state index in [9.17, 15) is 0 Å². The number of rotatable bonds is 0. The SMILES string of the molecule is CC1(C)Cc2[nH]cnc2C(N)C1. The molecule has 0 radical (unpaired) electrons. The average molecular weight is 165 g/mol. The molecule has 0 saturated carbocycles. The van der Waals surface area contributed by atoms with Crippen LogP contribution >= 0.6 is 0 Å². The quantitative estimate of drug-likeness (QED) is 0.610. The van der Waals surface area contributed by atoms with Gasteiger partial charge in [0, 0.05) is 11.7 Å². The second-order valence-corrected chi connectivity index (χ2v) is 4.42. The van der Waals surface area contributed by atoms with Gasteiger partial charge >= 0.3 is 0 Å². The second-order valence-electron chi connectivity index (χ2n) is 4.42. The van der Waals surface area contributed by atoms with Crippen LogP contribution < -0.4 is 5.73 Å². The number of fused-ring (bicyclic) bond motifs is 1. The molecule has 1 heterocycles. The van der Waals surface area contributed by atoms with Crippen LogP contribution in [0.15, 0.2) is 6.33 Å². The highest BCUT2D eigenvalue weighted by atomic mass is 14.9. The Balaban J connectivity index is 2.38. The van der Waals surface area contributed by atoms with E-state index < -0.39 is 0 Å². The summed E-state index contributed by atoms with van der Waals surface area (Å²) < 4.78 is 0. The van der Waals surface area contributed by atoms with Crippen molar-refractivity contribution >= 4 is 0 Å². The van der Waals surface area contributed by atoms with E-state index in [1.807, 2.05) is 0 Å². The Labute approximate surface area is 72.4 Å². The van der Waals surface area contributed by atoms with Gasteiger partial charge in [-0.15, -0.1) is 0 Å². The molecule has 3 nitrogen and oxygen atoms in total. The third kappa shape index (κ3) is 1.14. The third-order valence-corrected chi connectivity index (χ3v) is 2.53. The molecule has 1 atom stereocenters. The van der Waals surface area contributed by atoms with E-state index in [4.69, 9.17) is 5.73 Å². The van der Waals surface area contributed by atoms with Gasteiger partial charge in [-0.3, -0.25) is 0 Å². The van der Waals surface area contributed by atoms with Gasteiger partial charge in [0.2, 0.25) is 0 Å². The molecule has 2 rings (SSSR count). The second kappa shape index (κ2) is 2.33. The molecule has 1 aromatic heterocycles. The van der Waals surface area contributed by atoms with E-state index in [-0.39, 0.29) is 6.04 Å². The zero-order valence-electron chi connectivity index (χ0n) is 7.59. The van der Waals surface area contributed by atoms with Gasteiger partial charge in [-0.2, -0.15) is 0 Å². The highest BCUT2D eigenvalue weighted by Crippen LogP contribution is 2.37. The van der Waals surface area contributed by atoms with Gasteiger partial charge in [0.1, 0.15) is 0 Å². The van der Waals surface area contributed by atoms with E-state index in [2.05, 4.69) is 23.8 Å². The van der Waals surface area contributed by atoms with Crippen LogP contribution in [0, 0.1) is 5.41 Å². The van der Waals surface area contributed by atoms with E-state index in [0.29, 0.717) is 5.41 Å². The van der Waals surface area contributed by atoms with Gasteiger partial charge in [0.05, 0.1) is 12.0 Å². The first-order chi connectivity index (χ1) is 5.58. The number of aromatic nitrogens is 2. The van der Waals surface area contributed by atoms with Crippen molar-refractivity contribution in [3.05, 3.63) is 17.7 Å². The summed E-state index contributed by atoms with van der Waals surface area (Å²) in [6.07, 6.45) is 3.84. The summed E-state index contributed by atoms with van der Waals surface area (Å²) in [5.74, 6) is 0. The van der Waals surface area contributed by atoms with Crippen molar-refractivity contribution in [3.63, 3.8) is 0 Å². The molecular formula is C9H15N3. The Morgan fingerprint density at radius 2 is 2.42 bits per heavy atom. The minimum Gasteiger partial charge on any atom is -0.348 e. The molecule has 12 heavy (non-hydrogen) atoms. The Bertz CT molecular complexity index is 288. The minimum absolute atomic E-state index is 0.120. The summed E-state index contributed by atoms with van der Waals surface area (Å²) in [6, 6.07) is 0.120. The van der Waals surface area contributed by atoms with Crippen molar-refractivity contribution in [1.82, 2.24) is 9.97 Å². The zero-order valence-corrected chi connectivity index (χ0v) is 7.59. The highest BCUT2D eigenvalue weighted by Gasteiger charge is 2.31. The van der Waals surface area contributed by atoms with Gasteiger partial charge in [0.15, 0.2) is 0 Å². The Morgan fingerprint density at radius 1 is 1.67 bits per heavy atom. The maximum atomic E-state index is 5.98. The van der Waals surface area contributed by atoms with Crippen molar-refractivity contribution in [2.75, 3.05) is 0 Å². The molecule has 1 aliphatic rings. The number of nitrogens with zero attached hydrogens (tertiary/aromatic N) is 1. The molecule has 1 aromatic rings. The van der Waals surface area contributed by atoms with Crippen LogP contribution in [0.5, 0.6) is 0 Å². The first-order valence-corrected chi connectivity index (χ1v) is 4.36. The molecule has 0 spiro atoms. The zero-order chi connectivity index (χ0) is 8.77. The highest BCUT2D eigenvalue weighted by molar-refractivity contribution is 5.20. The van der Waals surface area contributed by atoms with Crippen LogP contribution in [0.3, 0.4) is 0 Å². The maximum Gasteiger partial charge on any atom is 0.0925 e. The molecule has 0 saturated heterocycles. The number of H-pyrrole nitrogens is 1. The van der Waals surface area contributed by atoms with E-state index in [1.54, 1.807) is 6.33 Å². The topological polar surface area (TPSA) is 54.7 Å².